The minimum absolute atomic E-state index is 0.284. The number of fused-ring (bicyclic) bond motifs is 2. The fraction of sp³-hybridized carbons (Fsp3) is 1.00. The van der Waals surface area contributed by atoms with Gasteiger partial charge in [0, 0.05) is 13.2 Å². The molecule has 2 fully saturated rings. The summed E-state index contributed by atoms with van der Waals surface area (Å²) in [5.41, 5.74) is 0. The van der Waals surface area contributed by atoms with Crippen LogP contribution in [0.3, 0.4) is 0 Å². The van der Waals surface area contributed by atoms with E-state index in [1.807, 2.05) is 0 Å². The summed E-state index contributed by atoms with van der Waals surface area (Å²) < 4.78 is 0. The van der Waals surface area contributed by atoms with E-state index < -0.39 is 0 Å². The Morgan fingerprint density at radius 1 is 0.909 bits per heavy atom. The maximum absolute atomic E-state index is 9.08. The van der Waals surface area contributed by atoms with Gasteiger partial charge >= 0.3 is 0 Å². The zero-order valence-corrected chi connectivity index (χ0v) is 6.74. The van der Waals surface area contributed by atoms with Crippen molar-refractivity contribution in [1.29, 1.82) is 0 Å². The first kappa shape index (κ1) is 7.56. The van der Waals surface area contributed by atoms with Gasteiger partial charge < -0.3 is 10.2 Å². The average molecular weight is 156 g/mol. The molecule has 0 amide bonds. The highest BCUT2D eigenvalue weighted by atomic mass is 16.3. The van der Waals surface area contributed by atoms with E-state index in [0.29, 0.717) is 11.8 Å². The third-order valence-corrected chi connectivity index (χ3v) is 3.70. The number of hydrogen-bond donors (Lipinski definition) is 2. The molecule has 2 nitrogen and oxygen atoms in total. The van der Waals surface area contributed by atoms with Crippen LogP contribution in [0.2, 0.25) is 0 Å². The van der Waals surface area contributed by atoms with Gasteiger partial charge in [-0.3, -0.25) is 0 Å². The molecule has 0 radical (unpaired) electrons. The minimum atomic E-state index is 0.284. The molecule has 0 unspecified atom stereocenters. The summed E-state index contributed by atoms with van der Waals surface area (Å²) in [6.45, 7) is 0.568. The minimum Gasteiger partial charge on any atom is -0.396 e. The summed E-state index contributed by atoms with van der Waals surface area (Å²) >= 11 is 0. The Hall–Kier alpha value is -0.0800. The largest absolute Gasteiger partial charge is 0.396 e. The van der Waals surface area contributed by atoms with Crippen molar-refractivity contribution in [2.75, 3.05) is 13.2 Å². The molecular weight excluding hydrogens is 140 g/mol. The van der Waals surface area contributed by atoms with Crippen molar-refractivity contribution >= 4 is 0 Å². The number of aliphatic hydroxyl groups excluding tert-OH is 2. The summed E-state index contributed by atoms with van der Waals surface area (Å²) in [5, 5.41) is 18.2. The van der Waals surface area contributed by atoms with Gasteiger partial charge in [0.15, 0.2) is 0 Å². The van der Waals surface area contributed by atoms with Gasteiger partial charge in [-0.05, 0) is 42.9 Å². The molecule has 2 rings (SSSR count). The molecule has 2 heteroatoms. The molecule has 2 bridgehead atoms. The van der Waals surface area contributed by atoms with Gasteiger partial charge in [-0.25, -0.2) is 0 Å². The molecule has 4 atom stereocenters. The Bertz CT molecular complexity index is 130. The Balaban J connectivity index is 2.08. The fourth-order valence-corrected chi connectivity index (χ4v) is 3.10. The van der Waals surface area contributed by atoms with Crippen LogP contribution < -0.4 is 0 Å². The predicted octanol–water partition coefficient (Wildman–Crippen LogP) is 0.633. The molecule has 0 heterocycles. The second kappa shape index (κ2) is 2.76. The molecule has 0 aliphatic heterocycles. The molecule has 11 heavy (non-hydrogen) atoms. The lowest BCUT2D eigenvalue weighted by Gasteiger charge is -2.27. The van der Waals surface area contributed by atoms with Gasteiger partial charge in [-0.1, -0.05) is 0 Å². The Labute approximate surface area is 67.2 Å². The zero-order chi connectivity index (χ0) is 7.84. The summed E-state index contributed by atoms with van der Waals surface area (Å²) in [4.78, 5) is 0. The highest BCUT2D eigenvalue weighted by Crippen LogP contribution is 2.51. The van der Waals surface area contributed by atoms with Crippen LogP contribution >= 0.6 is 0 Å². The van der Waals surface area contributed by atoms with E-state index in [4.69, 9.17) is 10.2 Å². The van der Waals surface area contributed by atoms with Gasteiger partial charge in [0.25, 0.3) is 0 Å². The SMILES string of the molecule is OC[C@@H]1[C@H]2CC[C@H](C2)[C@@H]1CO. The highest BCUT2D eigenvalue weighted by Gasteiger charge is 2.46. The quantitative estimate of drug-likeness (QED) is 0.615. The van der Waals surface area contributed by atoms with Gasteiger partial charge in [0.05, 0.1) is 0 Å². The first-order chi connectivity index (χ1) is 5.36. The molecule has 0 spiro atoms. The monoisotopic (exact) mass is 156 g/mol. The van der Waals surface area contributed by atoms with Crippen LogP contribution in [0.15, 0.2) is 0 Å². The van der Waals surface area contributed by atoms with Gasteiger partial charge in [-0.15, -0.1) is 0 Å². The number of hydrogen-bond acceptors (Lipinski definition) is 2. The smallest absolute Gasteiger partial charge is 0.0465 e. The van der Waals surface area contributed by atoms with Crippen molar-refractivity contribution in [1.82, 2.24) is 0 Å². The Morgan fingerprint density at radius 2 is 1.36 bits per heavy atom. The second-order valence-corrected chi connectivity index (χ2v) is 4.03. The van der Waals surface area contributed by atoms with Crippen LogP contribution in [0.4, 0.5) is 0 Å². The molecule has 2 saturated carbocycles. The van der Waals surface area contributed by atoms with Crippen LogP contribution in [0.1, 0.15) is 19.3 Å². The van der Waals surface area contributed by atoms with Crippen LogP contribution in [-0.2, 0) is 0 Å². The van der Waals surface area contributed by atoms with Crippen LogP contribution in [-0.4, -0.2) is 23.4 Å². The van der Waals surface area contributed by atoms with E-state index in [9.17, 15) is 0 Å². The lowest BCUT2D eigenvalue weighted by molar-refractivity contribution is 0.0791. The van der Waals surface area contributed by atoms with E-state index >= 15 is 0 Å². The molecule has 64 valence electrons. The molecule has 0 aromatic carbocycles. The van der Waals surface area contributed by atoms with E-state index in [1.54, 1.807) is 0 Å². The van der Waals surface area contributed by atoms with Gasteiger partial charge in [0.1, 0.15) is 0 Å². The maximum atomic E-state index is 9.08. The Kier molecular flexibility index (Phi) is 1.90. The van der Waals surface area contributed by atoms with Crippen molar-refractivity contribution in [3.05, 3.63) is 0 Å². The van der Waals surface area contributed by atoms with Crippen molar-refractivity contribution < 1.29 is 10.2 Å². The molecule has 0 aromatic rings. The molecule has 2 aliphatic rings. The van der Waals surface area contributed by atoms with Crippen molar-refractivity contribution in [3.63, 3.8) is 0 Å². The third-order valence-electron chi connectivity index (χ3n) is 3.70. The van der Waals surface area contributed by atoms with Gasteiger partial charge in [0.2, 0.25) is 0 Å². The Morgan fingerprint density at radius 3 is 1.73 bits per heavy atom. The van der Waals surface area contributed by atoms with Gasteiger partial charge in [-0.2, -0.15) is 0 Å². The third kappa shape index (κ3) is 1.00. The van der Waals surface area contributed by atoms with Crippen LogP contribution in [0.5, 0.6) is 0 Å². The van der Waals surface area contributed by atoms with Crippen LogP contribution in [0, 0.1) is 23.7 Å². The first-order valence-corrected chi connectivity index (χ1v) is 4.58. The lowest BCUT2D eigenvalue weighted by Crippen LogP contribution is -2.27. The fourth-order valence-electron chi connectivity index (χ4n) is 3.10. The summed E-state index contributed by atoms with van der Waals surface area (Å²) in [7, 11) is 0. The number of aliphatic hydroxyl groups is 2. The summed E-state index contributed by atoms with van der Waals surface area (Å²) in [6, 6.07) is 0. The maximum Gasteiger partial charge on any atom is 0.0465 e. The van der Waals surface area contributed by atoms with Crippen molar-refractivity contribution in [2.24, 2.45) is 23.7 Å². The zero-order valence-electron chi connectivity index (χ0n) is 6.74. The standard InChI is InChI=1S/C9H16O2/c10-4-8-6-1-2-7(3-6)9(8)5-11/h6-11H,1-5H2/t6-,7+,8+,9-. The molecule has 0 saturated heterocycles. The molecule has 2 aliphatic carbocycles. The van der Waals surface area contributed by atoms with Crippen molar-refractivity contribution in [2.45, 2.75) is 19.3 Å². The molecule has 2 N–H and O–H groups in total. The topological polar surface area (TPSA) is 40.5 Å². The second-order valence-electron chi connectivity index (χ2n) is 4.03. The summed E-state index contributed by atoms with van der Waals surface area (Å²) in [6.07, 6.45) is 3.83. The van der Waals surface area contributed by atoms with Crippen LogP contribution in [0.25, 0.3) is 0 Å². The molecular formula is C9H16O2. The highest BCUT2D eigenvalue weighted by molar-refractivity contribution is 4.95. The lowest BCUT2D eigenvalue weighted by atomic mass is 9.80. The first-order valence-electron chi connectivity index (χ1n) is 4.58. The van der Waals surface area contributed by atoms with E-state index in [-0.39, 0.29) is 13.2 Å². The molecule has 0 aromatic heterocycles. The van der Waals surface area contributed by atoms with E-state index in [2.05, 4.69) is 0 Å². The predicted molar refractivity (Wildman–Crippen MR) is 42.0 cm³/mol. The van der Waals surface area contributed by atoms with E-state index in [1.165, 1.54) is 19.3 Å². The van der Waals surface area contributed by atoms with Crippen molar-refractivity contribution in [3.8, 4) is 0 Å². The normalized spacial score (nSPS) is 48.5. The summed E-state index contributed by atoms with van der Waals surface area (Å²) in [5.74, 6) is 2.28. The average Bonchev–Trinajstić information content (AvgIpc) is 2.60. The van der Waals surface area contributed by atoms with E-state index in [0.717, 1.165) is 11.8 Å². The number of rotatable bonds is 2.